The summed E-state index contributed by atoms with van der Waals surface area (Å²) in [6.45, 7) is 4.55. The molecule has 0 saturated carbocycles. The third kappa shape index (κ3) is 4.00. The zero-order valence-corrected chi connectivity index (χ0v) is 11.6. The van der Waals surface area contributed by atoms with Gasteiger partial charge in [-0.25, -0.2) is 0 Å². The number of rotatable bonds is 7. The fourth-order valence-corrected chi connectivity index (χ4v) is 2.08. The molecule has 0 spiro atoms. The van der Waals surface area contributed by atoms with Crippen molar-refractivity contribution in [2.75, 3.05) is 13.7 Å². The van der Waals surface area contributed by atoms with E-state index in [1.54, 1.807) is 7.11 Å². The number of aliphatic hydroxyl groups is 1. The lowest BCUT2D eigenvalue weighted by Gasteiger charge is -2.17. The van der Waals surface area contributed by atoms with Crippen LogP contribution in [0.1, 0.15) is 56.2 Å². The fraction of sp³-hybridized carbons (Fsp3) is 0.600. The molecule has 0 fully saturated rings. The number of nitrogens with two attached hydrogens (primary N) is 1. The number of hydrogen-bond acceptors (Lipinski definition) is 3. The van der Waals surface area contributed by atoms with E-state index in [9.17, 15) is 0 Å². The summed E-state index contributed by atoms with van der Waals surface area (Å²) in [5.41, 5.74) is 8.53. The molecular formula is C15H25NO2. The van der Waals surface area contributed by atoms with Gasteiger partial charge in [0.2, 0.25) is 0 Å². The highest BCUT2D eigenvalue weighted by Crippen LogP contribution is 2.29. The van der Waals surface area contributed by atoms with Crippen molar-refractivity contribution in [2.24, 2.45) is 5.73 Å². The fourth-order valence-electron chi connectivity index (χ4n) is 2.08. The summed E-state index contributed by atoms with van der Waals surface area (Å²) in [6.07, 6.45) is 2.69. The zero-order valence-electron chi connectivity index (χ0n) is 11.6. The second-order valence-electron chi connectivity index (χ2n) is 4.98. The Labute approximate surface area is 110 Å². The molecule has 0 aliphatic carbocycles. The molecule has 0 saturated heterocycles. The van der Waals surface area contributed by atoms with Crippen molar-refractivity contribution < 1.29 is 9.84 Å². The molecule has 0 bridgehead atoms. The minimum absolute atomic E-state index is 0.0416. The maximum Gasteiger partial charge on any atom is 0.122 e. The molecule has 0 radical (unpaired) electrons. The van der Waals surface area contributed by atoms with Crippen LogP contribution in [-0.4, -0.2) is 18.8 Å². The molecular weight excluding hydrogens is 226 g/mol. The zero-order chi connectivity index (χ0) is 13.5. The second kappa shape index (κ2) is 7.39. The largest absolute Gasteiger partial charge is 0.496 e. The van der Waals surface area contributed by atoms with Crippen molar-refractivity contribution in [1.82, 2.24) is 0 Å². The maximum atomic E-state index is 8.78. The smallest absolute Gasteiger partial charge is 0.122 e. The van der Waals surface area contributed by atoms with E-state index in [-0.39, 0.29) is 12.6 Å². The standard InChI is InChI=1S/C15H25NO2/c1-11(2)13-10-12(7-8-15(13)18-3)14(16)6-4-5-9-17/h7-8,10-11,14,17H,4-6,9,16H2,1-3H3. The van der Waals surface area contributed by atoms with Gasteiger partial charge in [-0.1, -0.05) is 26.0 Å². The summed E-state index contributed by atoms with van der Waals surface area (Å²) >= 11 is 0. The Kier molecular flexibility index (Phi) is 6.16. The highest BCUT2D eigenvalue weighted by Gasteiger charge is 2.12. The first-order valence-electron chi connectivity index (χ1n) is 6.64. The Hall–Kier alpha value is -1.06. The molecule has 1 atom stereocenters. The predicted molar refractivity (Wildman–Crippen MR) is 74.9 cm³/mol. The van der Waals surface area contributed by atoms with Crippen LogP contribution in [0, 0.1) is 0 Å². The number of unbranched alkanes of at least 4 members (excludes halogenated alkanes) is 1. The first-order valence-corrected chi connectivity index (χ1v) is 6.64. The van der Waals surface area contributed by atoms with Crippen LogP contribution in [0.4, 0.5) is 0 Å². The van der Waals surface area contributed by atoms with Gasteiger partial charge < -0.3 is 15.6 Å². The van der Waals surface area contributed by atoms with Crippen molar-refractivity contribution in [3.63, 3.8) is 0 Å². The molecule has 3 nitrogen and oxygen atoms in total. The van der Waals surface area contributed by atoms with E-state index in [0.29, 0.717) is 5.92 Å². The van der Waals surface area contributed by atoms with Crippen LogP contribution < -0.4 is 10.5 Å². The molecule has 0 aliphatic rings. The molecule has 1 aromatic rings. The molecule has 102 valence electrons. The van der Waals surface area contributed by atoms with Crippen molar-refractivity contribution in [3.8, 4) is 5.75 Å². The SMILES string of the molecule is COc1ccc(C(N)CCCCO)cc1C(C)C. The van der Waals surface area contributed by atoms with E-state index in [0.717, 1.165) is 30.6 Å². The van der Waals surface area contributed by atoms with Crippen molar-refractivity contribution >= 4 is 0 Å². The Balaban J connectivity index is 2.80. The maximum absolute atomic E-state index is 8.78. The third-order valence-corrected chi connectivity index (χ3v) is 3.23. The third-order valence-electron chi connectivity index (χ3n) is 3.23. The van der Waals surface area contributed by atoms with E-state index >= 15 is 0 Å². The molecule has 0 amide bonds. The summed E-state index contributed by atoms with van der Waals surface area (Å²) in [7, 11) is 1.70. The van der Waals surface area contributed by atoms with Gasteiger partial charge in [-0.3, -0.25) is 0 Å². The van der Waals surface area contributed by atoms with Crippen LogP contribution in [0.25, 0.3) is 0 Å². The molecule has 0 aromatic heterocycles. The van der Waals surface area contributed by atoms with Gasteiger partial charge in [-0.15, -0.1) is 0 Å². The highest BCUT2D eigenvalue weighted by atomic mass is 16.5. The van der Waals surface area contributed by atoms with Gasteiger partial charge in [-0.2, -0.15) is 0 Å². The highest BCUT2D eigenvalue weighted by molar-refractivity contribution is 5.40. The van der Waals surface area contributed by atoms with Crippen LogP contribution in [0.5, 0.6) is 5.75 Å². The number of benzene rings is 1. The van der Waals surface area contributed by atoms with Gasteiger partial charge in [-0.05, 0) is 42.4 Å². The van der Waals surface area contributed by atoms with E-state index in [4.69, 9.17) is 15.6 Å². The van der Waals surface area contributed by atoms with Crippen LogP contribution in [0.3, 0.4) is 0 Å². The number of ether oxygens (including phenoxy) is 1. The van der Waals surface area contributed by atoms with Gasteiger partial charge in [0, 0.05) is 12.6 Å². The van der Waals surface area contributed by atoms with Crippen LogP contribution in [-0.2, 0) is 0 Å². The monoisotopic (exact) mass is 251 g/mol. The van der Waals surface area contributed by atoms with E-state index in [2.05, 4.69) is 19.9 Å². The molecule has 1 aromatic carbocycles. The number of hydrogen-bond donors (Lipinski definition) is 2. The molecule has 3 N–H and O–H groups in total. The van der Waals surface area contributed by atoms with Gasteiger partial charge >= 0.3 is 0 Å². The summed E-state index contributed by atoms with van der Waals surface area (Å²) in [5, 5.41) is 8.78. The Morgan fingerprint density at radius 3 is 2.56 bits per heavy atom. The number of methoxy groups -OCH3 is 1. The minimum atomic E-state index is 0.0416. The topological polar surface area (TPSA) is 55.5 Å². The Bertz CT molecular complexity index is 364. The predicted octanol–water partition coefficient (Wildman–Crippen LogP) is 2.98. The molecule has 0 aliphatic heterocycles. The summed E-state index contributed by atoms with van der Waals surface area (Å²) in [4.78, 5) is 0. The average Bonchev–Trinajstić information content (AvgIpc) is 2.38. The van der Waals surface area contributed by atoms with Crippen molar-refractivity contribution in [2.45, 2.75) is 45.1 Å². The van der Waals surface area contributed by atoms with Crippen LogP contribution in [0.2, 0.25) is 0 Å². The summed E-state index contributed by atoms with van der Waals surface area (Å²) < 4.78 is 5.37. The molecule has 1 unspecified atom stereocenters. The van der Waals surface area contributed by atoms with Gasteiger partial charge in [0.05, 0.1) is 7.11 Å². The molecule has 3 heteroatoms. The number of aliphatic hydroxyl groups excluding tert-OH is 1. The lowest BCUT2D eigenvalue weighted by atomic mass is 9.95. The van der Waals surface area contributed by atoms with Crippen LogP contribution >= 0.6 is 0 Å². The minimum Gasteiger partial charge on any atom is -0.496 e. The van der Waals surface area contributed by atoms with E-state index < -0.39 is 0 Å². The summed E-state index contributed by atoms with van der Waals surface area (Å²) in [6, 6.07) is 6.22. The average molecular weight is 251 g/mol. The van der Waals surface area contributed by atoms with E-state index in [1.165, 1.54) is 5.56 Å². The molecule has 0 heterocycles. The van der Waals surface area contributed by atoms with Gasteiger partial charge in [0.1, 0.15) is 5.75 Å². The van der Waals surface area contributed by atoms with Gasteiger partial charge in [0.25, 0.3) is 0 Å². The first-order chi connectivity index (χ1) is 8.60. The molecule has 1 rings (SSSR count). The second-order valence-corrected chi connectivity index (χ2v) is 4.98. The first kappa shape index (κ1) is 15.0. The van der Waals surface area contributed by atoms with Crippen LogP contribution in [0.15, 0.2) is 18.2 Å². The van der Waals surface area contributed by atoms with Crippen molar-refractivity contribution in [1.29, 1.82) is 0 Å². The Morgan fingerprint density at radius 2 is 2.00 bits per heavy atom. The molecule has 18 heavy (non-hydrogen) atoms. The normalized spacial score (nSPS) is 12.8. The quantitative estimate of drug-likeness (QED) is 0.732. The van der Waals surface area contributed by atoms with E-state index in [1.807, 2.05) is 12.1 Å². The van der Waals surface area contributed by atoms with Crippen molar-refractivity contribution in [3.05, 3.63) is 29.3 Å². The lowest BCUT2D eigenvalue weighted by Crippen LogP contribution is -2.11. The lowest BCUT2D eigenvalue weighted by molar-refractivity contribution is 0.281. The summed E-state index contributed by atoms with van der Waals surface area (Å²) in [5.74, 6) is 1.35. The van der Waals surface area contributed by atoms with Gasteiger partial charge in [0.15, 0.2) is 0 Å². The Morgan fingerprint density at radius 1 is 1.28 bits per heavy atom.